The topological polar surface area (TPSA) is 127 Å². The van der Waals surface area contributed by atoms with Crippen molar-refractivity contribution in [2.24, 2.45) is 0 Å². The summed E-state index contributed by atoms with van der Waals surface area (Å²) in [5, 5.41) is 6.76. The fourth-order valence-corrected chi connectivity index (χ4v) is 0. The van der Waals surface area contributed by atoms with Crippen molar-refractivity contribution >= 4 is 81.9 Å². The third kappa shape index (κ3) is 106. The van der Waals surface area contributed by atoms with E-state index in [-0.39, 0.29) is 91.9 Å². The Hall–Kier alpha value is 1.87. The van der Waals surface area contributed by atoms with Crippen molar-refractivity contribution < 1.29 is 26.3 Å². The first kappa shape index (κ1) is 51.9. The molecule has 0 fully saturated rings. The van der Waals surface area contributed by atoms with E-state index in [0.29, 0.717) is 6.47 Å². The van der Waals surface area contributed by atoms with Crippen LogP contribution in [-0.4, -0.2) is 103 Å². The van der Waals surface area contributed by atoms with Crippen LogP contribution in [0.3, 0.4) is 0 Å². The first-order valence-corrected chi connectivity index (χ1v) is 0.428. The van der Waals surface area contributed by atoms with Gasteiger partial charge in [-0.05, 0) is 0 Å². The third-order valence-corrected chi connectivity index (χ3v) is 0. The summed E-state index contributed by atoms with van der Waals surface area (Å²) in [6, 6.07) is 0. The number of hydrogen-bond acceptors (Lipinski definition) is 4. The van der Waals surface area contributed by atoms with Gasteiger partial charge in [0, 0.05) is 0 Å². The number of aliphatic hydroxyl groups excluding tert-OH is 1. The van der Waals surface area contributed by atoms with Gasteiger partial charge in [0.25, 0.3) is 0 Å². The van der Waals surface area contributed by atoms with Crippen molar-refractivity contribution in [2.45, 2.75) is 0 Å². The van der Waals surface area contributed by atoms with Crippen LogP contribution in [0, 0.1) is 0 Å². The van der Waals surface area contributed by atoms with Crippen LogP contribution in [0.1, 0.15) is 0 Å². The van der Waals surface area contributed by atoms with Crippen LogP contribution < -0.4 is 0 Å². The molecule has 0 saturated carbocycles. The van der Waals surface area contributed by atoms with Crippen LogP contribution in [0.25, 0.3) is 0 Å². The van der Waals surface area contributed by atoms with Crippen molar-refractivity contribution in [3.8, 4) is 0 Å². The van der Waals surface area contributed by atoms with Gasteiger partial charge in [-0.3, -0.25) is 0 Å². The van der Waals surface area contributed by atoms with E-state index in [4.69, 9.17) is 9.90 Å². The molecule has 0 aromatic carbocycles. The van der Waals surface area contributed by atoms with Gasteiger partial charge in [0.2, 0.25) is 0 Å². The summed E-state index contributed by atoms with van der Waals surface area (Å²) in [6.07, 6.45) is 0. The van der Waals surface area contributed by atoms with E-state index in [1.807, 2.05) is 0 Å². The van der Waals surface area contributed by atoms with Gasteiger partial charge in [-0.2, -0.15) is 0 Å². The second-order valence-electron chi connectivity index (χ2n) is 0.0913. The molecule has 0 aliphatic carbocycles. The molecule has 0 rings (SSSR count). The van der Waals surface area contributed by atoms with Gasteiger partial charge in [0.1, 0.15) is 0 Å². The maximum Gasteiger partial charge on any atom is 2.00 e. The molecule has 42 valence electrons. The maximum atomic E-state index is 8.24. The van der Waals surface area contributed by atoms with Crippen LogP contribution in [-0.2, 0) is 4.79 Å². The van der Waals surface area contributed by atoms with Gasteiger partial charge in [-0.25, -0.2) is 0 Å². The standard InChI is InChI=1S/CHO2.2Ca.3H2O/c2-1-3;;;;;/h(H,2,3);;;3*1H2/q-1;2*+2;;;/p-3. The Balaban J connectivity index is -0.00000000200. The zero-order chi connectivity index (χ0) is 2.71. The minimum Gasteiger partial charge on any atom is -0.870 e. The molecule has 0 spiro atoms. The Morgan fingerprint density at radius 1 is 1.00 bits per heavy atom. The molecule has 5 nitrogen and oxygen atoms in total. The normalized spacial score (nSPS) is 1.50. The summed E-state index contributed by atoms with van der Waals surface area (Å²) in [7, 11) is 0. The molecule has 8 heavy (non-hydrogen) atoms. The molecule has 0 amide bonds. The minimum absolute atomic E-state index is 0. The first-order valence-electron chi connectivity index (χ1n) is 0.428. The van der Waals surface area contributed by atoms with E-state index >= 15 is 0 Å². The Morgan fingerprint density at radius 2 is 1.00 bits per heavy atom. The summed E-state index contributed by atoms with van der Waals surface area (Å²) in [5.41, 5.74) is 0. The van der Waals surface area contributed by atoms with Crippen LogP contribution in [0.5, 0.6) is 0 Å². The van der Waals surface area contributed by atoms with Gasteiger partial charge in [0.15, 0.2) is 0 Å². The predicted molar refractivity (Wildman–Crippen MR) is 25.6 cm³/mol. The molecular formula is CH4Ca2O5. The van der Waals surface area contributed by atoms with Crippen molar-refractivity contribution in [1.29, 1.82) is 0 Å². The van der Waals surface area contributed by atoms with Crippen LogP contribution >= 0.6 is 0 Å². The zero-order valence-electron chi connectivity index (χ0n) is 4.11. The summed E-state index contributed by atoms with van der Waals surface area (Å²) < 4.78 is 0. The smallest absolute Gasteiger partial charge is 0.870 e. The quantitative estimate of drug-likeness (QED) is 0.348. The van der Waals surface area contributed by atoms with E-state index < -0.39 is 0 Å². The SMILES string of the molecule is O=[C-]O.[Ca+2].[Ca+2].[OH-].[OH-].[OH-]. The van der Waals surface area contributed by atoms with Crippen molar-refractivity contribution in [3.05, 3.63) is 0 Å². The minimum atomic E-state index is 0. The molecule has 0 radical (unpaired) electrons. The summed E-state index contributed by atoms with van der Waals surface area (Å²) in [5.74, 6) is 0. The Morgan fingerprint density at radius 3 is 1.00 bits per heavy atom. The largest absolute Gasteiger partial charge is 2.00 e. The van der Waals surface area contributed by atoms with E-state index in [2.05, 4.69) is 0 Å². The zero-order valence-corrected chi connectivity index (χ0v) is 8.53. The van der Waals surface area contributed by atoms with Crippen LogP contribution in [0.4, 0.5) is 0 Å². The Bertz CT molecular complexity index is 17.9. The van der Waals surface area contributed by atoms with Gasteiger partial charge in [-0.1, -0.05) is 6.47 Å². The van der Waals surface area contributed by atoms with E-state index in [9.17, 15) is 0 Å². The fraction of sp³-hybridized carbons (Fsp3) is 0. The number of rotatable bonds is 0. The predicted octanol–water partition coefficient (Wildman–Crippen LogP) is -1.68. The van der Waals surface area contributed by atoms with E-state index in [0.717, 1.165) is 0 Å². The molecule has 0 unspecified atom stereocenters. The maximum absolute atomic E-state index is 8.24. The van der Waals surface area contributed by atoms with Crippen molar-refractivity contribution in [1.82, 2.24) is 0 Å². The second kappa shape index (κ2) is 66.7. The fourth-order valence-electron chi connectivity index (χ4n) is 0. The van der Waals surface area contributed by atoms with Crippen molar-refractivity contribution in [2.75, 3.05) is 0 Å². The molecule has 0 aromatic heterocycles. The molecule has 0 saturated heterocycles. The molecular weight excluding hydrogens is 172 g/mol. The summed E-state index contributed by atoms with van der Waals surface area (Å²) in [6.45, 7) is 0.500. The molecule has 0 aliphatic rings. The molecule has 0 aliphatic heterocycles. The van der Waals surface area contributed by atoms with Gasteiger partial charge < -0.3 is 26.3 Å². The molecule has 0 bridgehead atoms. The molecule has 7 heteroatoms. The van der Waals surface area contributed by atoms with Crippen LogP contribution in [0.15, 0.2) is 0 Å². The average molecular weight is 176 g/mol. The third-order valence-electron chi connectivity index (χ3n) is 0. The Labute approximate surface area is 106 Å². The van der Waals surface area contributed by atoms with Gasteiger partial charge in [0.05, 0.1) is 0 Å². The van der Waals surface area contributed by atoms with Crippen molar-refractivity contribution in [3.63, 3.8) is 0 Å². The van der Waals surface area contributed by atoms with Gasteiger partial charge >= 0.3 is 75.5 Å². The molecule has 0 heterocycles. The summed E-state index contributed by atoms with van der Waals surface area (Å²) in [4.78, 5) is 8.24. The van der Waals surface area contributed by atoms with E-state index in [1.165, 1.54) is 0 Å². The molecule has 0 atom stereocenters. The second-order valence-corrected chi connectivity index (χ2v) is 0.0913. The van der Waals surface area contributed by atoms with Crippen LogP contribution in [0.2, 0.25) is 0 Å². The number of hydrogen-bond donors (Lipinski definition) is 1. The molecule has 4 N–H and O–H groups in total. The monoisotopic (exact) mass is 176 g/mol. The Kier molecular flexibility index (Phi) is 432. The summed E-state index contributed by atoms with van der Waals surface area (Å²) >= 11 is 0. The molecule has 0 aromatic rings. The van der Waals surface area contributed by atoms with E-state index in [1.54, 1.807) is 0 Å². The van der Waals surface area contributed by atoms with Gasteiger partial charge in [-0.15, -0.1) is 0 Å². The first-order chi connectivity index (χ1) is 1.41. The average Bonchev–Trinajstić information content (AvgIpc) is 0.918.